The summed E-state index contributed by atoms with van der Waals surface area (Å²) >= 11 is 0. The fourth-order valence-corrected chi connectivity index (χ4v) is 1.28. The van der Waals surface area contributed by atoms with Crippen LogP contribution in [0.1, 0.15) is 47.1 Å². The van der Waals surface area contributed by atoms with Gasteiger partial charge in [-0.15, -0.1) is 0 Å². The summed E-state index contributed by atoms with van der Waals surface area (Å²) in [5, 5.41) is 8.87. The van der Waals surface area contributed by atoms with E-state index in [0.29, 0.717) is 12.2 Å². The van der Waals surface area contributed by atoms with Crippen molar-refractivity contribution in [2.45, 2.75) is 26.7 Å². The Morgan fingerprint density at radius 1 is 1.44 bits per heavy atom. The molecule has 0 amide bonds. The first-order chi connectivity index (χ1) is 7.60. The van der Waals surface area contributed by atoms with E-state index < -0.39 is 11.9 Å². The molecular formula is C10H14N2O4. The number of carboxylic acid groups (broad SMARTS) is 1. The Morgan fingerprint density at radius 3 is 2.62 bits per heavy atom. The van der Waals surface area contributed by atoms with Crippen molar-refractivity contribution in [3.8, 4) is 0 Å². The summed E-state index contributed by atoms with van der Waals surface area (Å²) in [6.07, 6.45) is 1.41. The molecule has 16 heavy (non-hydrogen) atoms. The van der Waals surface area contributed by atoms with Crippen LogP contribution in [-0.4, -0.2) is 33.6 Å². The van der Waals surface area contributed by atoms with Gasteiger partial charge in [0.15, 0.2) is 11.4 Å². The molecule has 1 rings (SSSR count). The molecule has 0 spiro atoms. The number of hydrogen-bond donors (Lipinski definition) is 2. The van der Waals surface area contributed by atoms with E-state index in [9.17, 15) is 9.59 Å². The number of H-pyrrole nitrogens is 1. The fourth-order valence-electron chi connectivity index (χ4n) is 1.28. The number of carbonyl (C=O) groups is 2. The van der Waals surface area contributed by atoms with Gasteiger partial charge in [-0.3, -0.25) is 0 Å². The number of nitrogens with zero attached hydrogens (tertiary/aromatic N) is 1. The molecule has 0 radical (unpaired) electrons. The Labute approximate surface area is 92.6 Å². The molecule has 0 aromatic carbocycles. The minimum Gasteiger partial charge on any atom is -0.476 e. The standard InChI is InChI=1S/C10H14N2O4/c1-3-5-6-11-7(9(13)14)8(12-6)10(15)16-4-2/h3-5H2,1-2H3,(H,11,12)(H,13,14). The van der Waals surface area contributed by atoms with Crippen LogP contribution in [0, 0.1) is 0 Å². The van der Waals surface area contributed by atoms with E-state index in [1.807, 2.05) is 6.92 Å². The zero-order chi connectivity index (χ0) is 12.1. The van der Waals surface area contributed by atoms with Crippen molar-refractivity contribution >= 4 is 11.9 Å². The zero-order valence-corrected chi connectivity index (χ0v) is 9.24. The maximum absolute atomic E-state index is 11.4. The van der Waals surface area contributed by atoms with Gasteiger partial charge in [0.25, 0.3) is 0 Å². The highest BCUT2D eigenvalue weighted by Gasteiger charge is 2.22. The predicted octanol–water partition coefficient (Wildman–Crippen LogP) is 1.24. The number of aryl methyl sites for hydroxylation is 1. The van der Waals surface area contributed by atoms with Crippen molar-refractivity contribution in [3.05, 3.63) is 17.2 Å². The van der Waals surface area contributed by atoms with Crippen molar-refractivity contribution in [2.75, 3.05) is 6.61 Å². The number of esters is 1. The second-order valence-corrected chi connectivity index (χ2v) is 3.18. The summed E-state index contributed by atoms with van der Waals surface area (Å²) in [4.78, 5) is 28.8. The molecule has 0 saturated heterocycles. The van der Waals surface area contributed by atoms with Crippen LogP contribution >= 0.6 is 0 Å². The molecule has 0 atom stereocenters. The molecule has 2 N–H and O–H groups in total. The first kappa shape index (κ1) is 12.2. The minimum absolute atomic E-state index is 0.0854. The first-order valence-corrected chi connectivity index (χ1v) is 5.09. The van der Waals surface area contributed by atoms with Crippen LogP contribution in [0.25, 0.3) is 0 Å². The number of aromatic nitrogens is 2. The molecule has 0 aliphatic rings. The number of nitrogens with one attached hydrogen (secondary N) is 1. The first-order valence-electron chi connectivity index (χ1n) is 5.09. The smallest absolute Gasteiger partial charge is 0.357 e. The van der Waals surface area contributed by atoms with Crippen molar-refractivity contribution in [2.24, 2.45) is 0 Å². The van der Waals surface area contributed by atoms with Crippen LogP contribution in [0.3, 0.4) is 0 Å². The van der Waals surface area contributed by atoms with Crippen molar-refractivity contribution in [1.82, 2.24) is 9.97 Å². The highest BCUT2D eigenvalue weighted by molar-refractivity contribution is 5.99. The van der Waals surface area contributed by atoms with Crippen LogP contribution in [0.4, 0.5) is 0 Å². The molecule has 0 saturated carbocycles. The van der Waals surface area contributed by atoms with Gasteiger partial charge in [-0.25, -0.2) is 14.6 Å². The lowest BCUT2D eigenvalue weighted by molar-refractivity contribution is 0.0507. The van der Waals surface area contributed by atoms with Gasteiger partial charge in [-0.1, -0.05) is 6.92 Å². The Morgan fingerprint density at radius 2 is 2.12 bits per heavy atom. The average Bonchev–Trinajstić information content (AvgIpc) is 2.63. The highest BCUT2D eigenvalue weighted by Crippen LogP contribution is 2.09. The van der Waals surface area contributed by atoms with Crippen molar-refractivity contribution in [3.63, 3.8) is 0 Å². The summed E-state index contributed by atoms with van der Waals surface area (Å²) in [5.74, 6) is -1.43. The zero-order valence-electron chi connectivity index (χ0n) is 9.24. The fraction of sp³-hybridized carbons (Fsp3) is 0.500. The molecule has 1 heterocycles. The molecule has 0 fully saturated rings. The third-order valence-electron chi connectivity index (χ3n) is 1.92. The Balaban J connectivity index is 3.04. The number of rotatable bonds is 5. The number of carboxylic acids is 1. The summed E-state index contributed by atoms with van der Waals surface area (Å²) in [6, 6.07) is 0. The van der Waals surface area contributed by atoms with Crippen LogP contribution in [0.2, 0.25) is 0 Å². The largest absolute Gasteiger partial charge is 0.476 e. The van der Waals surface area contributed by atoms with Gasteiger partial charge in [0.05, 0.1) is 6.61 Å². The van der Waals surface area contributed by atoms with Crippen molar-refractivity contribution < 1.29 is 19.4 Å². The van der Waals surface area contributed by atoms with Gasteiger partial charge >= 0.3 is 11.9 Å². The van der Waals surface area contributed by atoms with Crippen LogP contribution in [0.5, 0.6) is 0 Å². The Bertz CT molecular complexity index is 398. The normalized spacial score (nSPS) is 10.1. The molecule has 0 aliphatic carbocycles. The van der Waals surface area contributed by atoms with Crippen LogP contribution in [0.15, 0.2) is 0 Å². The minimum atomic E-state index is -1.23. The van der Waals surface area contributed by atoms with Crippen molar-refractivity contribution in [1.29, 1.82) is 0 Å². The van der Waals surface area contributed by atoms with E-state index in [0.717, 1.165) is 6.42 Å². The van der Waals surface area contributed by atoms with Crippen LogP contribution < -0.4 is 0 Å². The third kappa shape index (κ3) is 2.59. The highest BCUT2D eigenvalue weighted by atomic mass is 16.5. The maximum atomic E-state index is 11.4. The van der Waals surface area contributed by atoms with Gasteiger partial charge in [0.1, 0.15) is 5.82 Å². The van der Waals surface area contributed by atoms with E-state index in [2.05, 4.69) is 9.97 Å². The predicted molar refractivity (Wildman–Crippen MR) is 55.5 cm³/mol. The Hall–Kier alpha value is -1.85. The van der Waals surface area contributed by atoms with Gasteiger partial charge in [-0.05, 0) is 13.3 Å². The molecule has 0 unspecified atom stereocenters. The summed E-state index contributed by atoms with van der Waals surface area (Å²) in [5.41, 5.74) is -0.361. The lowest BCUT2D eigenvalue weighted by Crippen LogP contribution is -2.11. The molecule has 1 aromatic heterocycles. The number of carbonyl (C=O) groups excluding carboxylic acids is 1. The monoisotopic (exact) mass is 226 g/mol. The second-order valence-electron chi connectivity index (χ2n) is 3.18. The molecule has 1 aromatic rings. The Kier molecular flexibility index (Phi) is 4.04. The van der Waals surface area contributed by atoms with E-state index >= 15 is 0 Å². The number of aromatic amines is 1. The van der Waals surface area contributed by atoms with Gasteiger partial charge in [0, 0.05) is 6.42 Å². The number of imidazole rings is 1. The topological polar surface area (TPSA) is 92.3 Å². The number of aromatic carboxylic acids is 1. The molecular weight excluding hydrogens is 212 g/mol. The number of ether oxygens (including phenoxy) is 1. The molecule has 0 aliphatic heterocycles. The second kappa shape index (κ2) is 5.29. The van der Waals surface area contributed by atoms with Crippen LogP contribution in [-0.2, 0) is 11.2 Å². The van der Waals surface area contributed by atoms with E-state index in [1.54, 1.807) is 6.92 Å². The third-order valence-corrected chi connectivity index (χ3v) is 1.92. The van der Waals surface area contributed by atoms with E-state index in [4.69, 9.17) is 9.84 Å². The SMILES string of the molecule is CCCc1nc(C(=O)O)c(C(=O)OCC)[nH]1. The molecule has 6 nitrogen and oxygen atoms in total. The summed E-state index contributed by atoms with van der Waals surface area (Å²) < 4.78 is 4.74. The molecule has 0 bridgehead atoms. The molecule has 88 valence electrons. The van der Waals surface area contributed by atoms with Gasteiger partial charge < -0.3 is 14.8 Å². The quantitative estimate of drug-likeness (QED) is 0.737. The van der Waals surface area contributed by atoms with E-state index in [1.165, 1.54) is 0 Å². The summed E-state index contributed by atoms with van der Waals surface area (Å²) in [7, 11) is 0. The molecule has 6 heteroatoms. The number of hydrogen-bond acceptors (Lipinski definition) is 4. The maximum Gasteiger partial charge on any atom is 0.357 e. The lowest BCUT2D eigenvalue weighted by Gasteiger charge is -1.98. The lowest BCUT2D eigenvalue weighted by atomic mass is 10.3. The van der Waals surface area contributed by atoms with Gasteiger partial charge in [0.2, 0.25) is 0 Å². The average molecular weight is 226 g/mol. The van der Waals surface area contributed by atoms with E-state index in [-0.39, 0.29) is 18.0 Å². The summed E-state index contributed by atoms with van der Waals surface area (Å²) in [6.45, 7) is 3.79. The van der Waals surface area contributed by atoms with Gasteiger partial charge in [-0.2, -0.15) is 0 Å².